The standard InChI is InChI=1S/C14H25N3OS/c1-11(18)10-17-5-3-13(4-6-17)7-15-8-14-9-16-12(2)19-14/h9,11,13,15,18H,3-8,10H2,1-2H3/t11-/m1/s1. The lowest BCUT2D eigenvalue weighted by molar-refractivity contribution is 0.0998. The van der Waals surface area contributed by atoms with Gasteiger partial charge in [0.25, 0.3) is 0 Å². The van der Waals surface area contributed by atoms with Crippen LogP contribution in [0.3, 0.4) is 0 Å². The van der Waals surface area contributed by atoms with Gasteiger partial charge in [-0.15, -0.1) is 11.3 Å². The molecule has 0 aliphatic carbocycles. The Bertz CT molecular complexity index is 373. The van der Waals surface area contributed by atoms with Crippen molar-refractivity contribution in [2.75, 3.05) is 26.2 Å². The van der Waals surface area contributed by atoms with Crippen LogP contribution in [-0.2, 0) is 6.54 Å². The molecule has 5 heteroatoms. The lowest BCUT2D eigenvalue weighted by Crippen LogP contribution is -2.40. The highest BCUT2D eigenvalue weighted by Gasteiger charge is 2.19. The molecule has 2 heterocycles. The molecule has 0 saturated carbocycles. The highest BCUT2D eigenvalue weighted by Crippen LogP contribution is 2.17. The zero-order chi connectivity index (χ0) is 13.7. The van der Waals surface area contributed by atoms with Crippen LogP contribution >= 0.6 is 11.3 Å². The lowest BCUT2D eigenvalue weighted by Gasteiger charge is -2.32. The SMILES string of the molecule is Cc1ncc(CNCC2CCN(C[C@@H](C)O)CC2)s1. The fraction of sp³-hybridized carbons (Fsp3) is 0.786. The summed E-state index contributed by atoms with van der Waals surface area (Å²) in [7, 11) is 0. The number of likely N-dealkylation sites (tertiary alicyclic amines) is 1. The van der Waals surface area contributed by atoms with Gasteiger partial charge in [0.15, 0.2) is 0 Å². The zero-order valence-corrected chi connectivity index (χ0v) is 12.7. The van der Waals surface area contributed by atoms with Crippen molar-refractivity contribution < 1.29 is 5.11 Å². The number of aliphatic hydroxyl groups excluding tert-OH is 1. The van der Waals surface area contributed by atoms with E-state index in [0.29, 0.717) is 0 Å². The maximum Gasteiger partial charge on any atom is 0.0897 e. The van der Waals surface area contributed by atoms with Gasteiger partial charge in [-0.25, -0.2) is 4.98 Å². The second kappa shape index (κ2) is 7.33. The molecule has 108 valence electrons. The highest BCUT2D eigenvalue weighted by molar-refractivity contribution is 7.11. The summed E-state index contributed by atoms with van der Waals surface area (Å²) in [5.74, 6) is 0.777. The van der Waals surface area contributed by atoms with Gasteiger partial charge >= 0.3 is 0 Å². The largest absolute Gasteiger partial charge is 0.392 e. The Hall–Kier alpha value is -0.490. The van der Waals surface area contributed by atoms with E-state index in [1.54, 1.807) is 11.3 Å². The average Bonchev–Trinajstić information content (AvgIpc) is 2.77. The zero-order valence-electron chi connectivity index (χ0n) is 11.9. The Kier molecular flexibility index (Phi) is 5.76. The van der Waals surface area contributed by atoms with Gasteiger partial charge in [-0.05, 0) is 52.2 Å². The molecule has 1 aromatic heterocycles. The lowest BCUT2D eigenvalue weighted by atomic mass is 9.96. The number of hydrogen-bond donors (Lipinski definition) is 2. The van der Waals surface area contributed by atoms with E-state index in [4.69, 9.17) is 0 Å². The van der Waals surface area contributed by atoms with Crippen LogP contribution < -0.4 is 5.32 Å². The maximum absolute atomic E-state index is 9.38. The van der Waals surface area contributed by atoms with Gasteiger partial charge in [0.05, 0.1) is 11.1 Å². The van der Waals surface area contributed by atoms with Gasteiger partial charge < -0.3 is 15.3 Å². The monoisotopic (exact) mass is 283 g/mol. The van der Waals surface area contributed by atoms with E-state index in [1.807, 2.05) is 20.0 Å². The molecule has 0 amide bonds. The van der Waals surface area contributed by atoms with E-state index >= 15 is 0 Å². The van der Waals surface area contributed by atoms with Gasteiger partial charge in [0.2, 0.25) is 0 Å². The van der Waals surface area contributed by atoms with Crippen molar-refractivity contribution in [3.8, 4) is 0 Å². The van der Waals surface area contributed by atoms with Crippen LogP contribution in [0.15, 0.2) is 6.20 Å². The number of nitrogens with zero attached hydrogens (tertiary/aromatic N) is 2. The number of aryl methyl sites for hydroxylation is 1. The summed E-state index contributed by atoms with van der Waals surface area (Å²) in [4.78, 5) is 7.96. The summed E-state index contributed by atoms with van der Waals surface area (Å²) in [6.07, 6.45) is 4.24. The van der Waals surface area contributed by atoms with Crippen molar-refractivity contribution in [3.05, 3.63) is 16.1 Å². The molecule has 1 aromatic rings. The molecular weight excluding hydrogens is 258 g/mol. The maximum atomic E-state index is 9.38. The molecule has 0 aromatic carbocycles. The van der Waals surface area contributed by atoms with Crippen molar-refractivity contribution in [3.63, 3.8) is 0 Å². The van der Waals surface area contributed by atoms with Crippen molar-refractivity contribution >= 4 is 11.3 Å². The summed E-state index contributed by atoms with van der Waals surface area (Å²) < 4.78 is 0. The number of hydrogen-bond acceptors (Lipinski definition) is 5. The number of piperidine rings is 1. The van der Waals surface area contributed by atoms with E-state index < -0.39 is 0 Å². The number of aromatic nitrogens is 1. The molecule has 19 heavy (non-hydrogen) atoms. The molecule has 0 radical (unpaired) electrons. The number of aliphatic hydroxyl groups is 1. The smallest absolute Gasteiger partial charge is 0.0897 e. The van der Waals surface area contributed by atoms with Gasteiger partial charge in [0, 0.05) is 24.2 Å². The molecule has 0 unspecified atom stereocenters. The number of β-amino-alcohol motifs (C(OH)–C–C–N with tert-alkyl or cyclic N) is 1. The van der Waals surface area contributed by atoms with Gasteiger partial charge in [-0.1, -0.05) is 0 Å². The molecule has 1 fully saturated rings. The summed E-state index contributed by atoms with van der Waals surface area (Å²) in [6, 6.07) is 0. The fourth-order valence-corrected chi connectivity index (χ4v) is 3.40. The first-order valence-corrected chi connectivity index (χ1v) is 7.97. The van der Waals surface area contributed by atoms with Gasteiger partial charge in [0.1, 0.15) is 0 Å². The molecule has 1 aliphatic heterocycles. The van der Waals surface area contributed by atoms with Crippen molar-refractivity contribution in [1.29, 1.82) is 0 Å². The van der Waals surface area contributed by atoms with Gasteiger partial charge in [-0.2, -0.15) is 0 Å². The predicted molar refractivity (Wildman–Crippen MR) is 79.4 cm³/mol. The first kappa shape index (κ1) is 14.9. The highest BCUT2D eigenvalue weighted by atomic mass is 32.1. The van der Waals surface area contributed by atoms with Crippen LogP contribution in [-0.4, -0.2) is 47.3 Å². The average molecular weight is 283 g/mol. The molecular formula is C14H25N3OS. The normalized spacial score (nSPS) is 19.7. The minimum Gasteiger partial charge on any atom is -0.392 e. The van der Waals surface area contributed by atoms with Crippen molar-refractivity contribution in [1.82, 2.24) is 15.2 Å². The van der Waals surface area contributed by atoms with Crippen LogP contribution in [0.1, 0.15) is 29.7 Å². The molecule has 2 rings (SSSR count). The quantitative estimate of drug-likeness (QED) is 0.833. The predicted octanol–water partition coefficient (Wildman–Crippen LogP) is 1.63. The summed E-state index contributed by atoms with van der Waals surface area (Å²) >= 11 is 1.77. The Balaban J connectivity index is 1.60. The fourth-order valence-electron chi connectivity index (χ4n) is 2.63. The van der Waals surface area contributed by atoms with Crippen LogP contribution in [0.2, 0.25) is 0 Å². The topological polar surface area (TPSA) is 48.4 Å². The molecule has 0 bridgehead atoms. The number of thiazole rings is 1. The Morgan fingerprint density at radius 3 is 2.84 bits per heavy atom. The molecule has 1 atom stereocenters. The first-order valence-electron chi connectivity index (χ1n) is 7.16. The van der Waals surface area contributed by atoms with Crippen molar-refractivity contribution in [2.24, 2.45) is 5.92 Å². The molecule has 4 nitrogen and oxygen atoms in total. The van der Waals surface area contributed by atoms with E-state index in [9.17, 15) is 5.11 Å². The Morgan fingerprint density at radius 1 is 1.53 bits per heavy atom. The molecule has 2 N–H and O–H groups in total. The van der Waals surface area contributed by atoms with Crippen LogP contribution in [0.5, 0.6) is 0 Å². The third-order valence-corrected chi connectivity index (χ3v) is 4.54. The summed E-state index contributed by atoms with van der Waals surface area (Å²) in [5.41, 5.74) is 0. The van der Waals surface area contributed by atoms with Crippen LogP contribution in [0, 0.1) is 12.8 Å². The third kappa shape index (κ3) is 5.18. The first-order chi connectivity index (χ1) is 9.13. The minimum absolute atomic E-state index is 0.204. The van der Waals surface area contributed by atoms with E-state index in [1.165, 1.54) is 17.7 Å². The van der Waals surface area contributed by atoms with Crippen molar-refractivity contribution in [2.45, 2.75) is 39.3 Å². The Morgan fingerprint density at radius 2 is 2.26 bits per heavy atom. The second-order valence-electron chi connectivity index (χ2n) is 5.57. The molecule has 0 spiro atoms. The van der Waals surface area contributed by atoms with Crippen LogP contribution in [0.25, 0.3) is 0 Å². The minimum atomic E-state index is -0.204. The van der Waals surface area contributed by atoms with Crippen LogP contribution in [0.4, 0.5) is 0 Å². The third-order valence-electron chi connectivity index (χ3n) is 3.63. The second-order valence-corrected chi connectivity index (χ2v) is 6.89. The Labute approximate surface area is 119 Å². The molecule has 1 saturated heterocycles. The molecule has 1 aliphatic rings. The summed E-state index contributed by atoms with van der Waals surface area (Å²) in [5, 5.41) is 14.1. The van der Waals surface area contributed by atoms with E-state index in [2.05, 4.69) is 15.2 Å². The number of rotatable bonds is 6. The van der Waals surface area contributed by atoms with Gasteiger partial charge in [-0.3, -0.25) is 0 Å². The summed E-state index contributed by atoms with van der Waals surface area (Å²) in [6.45, 7) is 9.02. The van der Waals surface area contributed by atoms with E-state index in [0.717, 1.165) is 43.6 Å². The number of nitrogens with one attached hydrogen (secondary N) is 1. The van der Waals surface area contributed by atoms with E-state index in [-0.39, 0.29) is 6.10 Å².